The van der Waals surface area contributed by atoms with Crippen molar-refractivity contribution in [1.29, 1.82) is 0 Å². The van der Waals surface area contributed by atoms with Crippen LogP contribution in [0.4, 0.5) is 11.4 Å². The molecule has 6 nitrogen and oxygen atoms in total. The van der Waals surface area contributed by atoms with Crippen LogP contribution in [-0.4, -0.2) is 19.7 Å². The van der Waals surface area contributed by atoms with E-state index in [9.17, 15) is 0 Å². The van der Waals surface area contributed by atoms with E-state index in [4.69, 9.17) is 5.73 Å². The molecule has 0 aliphatic carbocycles. The second-order valence-corrected chi connectivity index (χ2v) is 4.49. The van der Waals surface area contributed by atoms with Gasteiger partial charge in [-0.1, -0.05) is 12.1 Å². The van der Waals surface area contributed by atoms with Crippen molar-refractivity contribution < 1.29 is 0 Å². The normalized spacial score (nSPS) is 10.8. The molecule has 0 spiro atoms. The molecule has 0 amide bonds. The summed E-state index contributed by atoms with van der Waals surface area (Å²) in [4.78, 5) is 4.32. The van der Waals surface area contributed by atoms with E-state index in [1.165, 1.54) is 0 Å². The number of nitrogens with one attached hydrogen (secondary N) is 1. The van der Waals surface area contributed by atoms with Crippen LogP contribution in [0.2, 0.25) is 0 Å². The van der Waals surface area contributed by atoms with Gasteiger partial charge in [0.05, 0.1) is 17.7 Å². The number of hydrogen-bond donors (Lipinski definition) is 2. The van der Waals surface area contributed by atoms with Gasteiger partial charge in [-0.05, 0) is 19.1 Å². The van der Waals surface area contributed by atoms with Gasteiger partial charge in [-0.2, -0.15) is 0 Å². The zero-order valence-electron chi connectivity index (χ0n) is 11.2. The molecule has 102 valence electrons. The Balaban J connectivity index is 1.90. The molecular weight excluding hydrogens is 252 g/mol. The third kappa shape index (κ3) is 2.16. The third-order valence-corrected chi connectivity index (χ3v) is 3.28. The van der Waals surface area contributed by atoms with Crippen molar-refractivity contribution in [2.75, 3.05) is 11.1 Å². The van der Waals surface area contributed by atoms with E-state index in [-0.39, 0.29) is 0 Å². The first-order chi connectivity index (χ1) is 9.79. The zero-order chi connectivity index (χ0) is 13.9. The number of fused-ring (bicyclic) bond motifs is 1. The zero-order valence-corrected chi connectivity index (χ0v) is 11.2. The number of benzene rings is 1. The van der Waals surface area contributed by atoms with Crippen molar-refractivity contribution in [3.8, 4) is 0 Å². The molecule has 6 heteroatoms. The Hall–Kier alpha value is -2.63. The molecule has 3 aromatic rings. The number of nitrogens with two attached hydrogens (primary N) is 1. The van der Waals surface area contributed by atoms with Crippen molar-refractivity contribution in [2.45, 2.75) is 20.0 Å². The number of anilines is 2. The quantitative estimate of drug-likeness (QED) is 0.708. The molecule has 1 aromatic carbocycles. The van der Waals surface area contributed by atoms with Crippen LogP contribution in [0, 0.1) is 0 Å². The molecule has 0 saturated heterocycles. The van der Waals surface area contributed by atoms with E-state index in [1.54, 1.807) is 12.5 Å². The Morgan fingerprint density at radius 2 is 2.20 bits per heavy atom. The fraction of sp³-hybridized carbons (Fsp3) is 0.214. The molecular formula is C14H16N6. The Morgan fingerprint density at radius 1 is 1.30 bits per heavy atom. The molecule has 0 fully saturated rings. The molecule has 0 radical (unpaired) electrons. The predicted molar refractivity (Wildman–Crippen MR) is 79.2 cm³/mol. The Morgan fingerprint density at radius 3 is 3.05 bits per heavy atom. The number of para-hydroxylation sites is 1. The van der Waals surface area contributed by atoms with Crippen LogP contribution in [0.5, 0.6) is 0 Å². The van der Waals surface area contributed by atoms with Gasteiger partial charge in [0, 0.05) is 23.8 Å². The third-order valence-electron chi connectivity index (χ3n) is 3.28. The highest BCUT2D eigenvalue weighted by molar-refractivity contribution is 5.97. The van der Waals surface area contributed by atoms with Gasteiger partial charge in [0.25, 0.3) is 0 Å². The highest BCUT2D eigenvalue weighted by Crippen LogP contribution is 2.25. The predicted octanol–water partition coefficient (Wildman–Crippen LogP) is 2.04. The van der Waals surface area contributed by atoms with Gasteiger partial charge in [0.1, 0.15) is 6.33 Å². The summed E-state index contributed by atoms with van der Waals surface area (Å²) in [6, 6.07) is 7.73. The van der Waals surface area contributed by atoms with E-state index in [0.717, 1.165) is 29.0 Å². The lowest BCUT2D eigenvalue weighted by atomic mass is 10.1. The number of aryl methyl sites for hydroxylation is 1. The number of hydrogen-bond acceptors (Lipinski definition) is 5. The minimum atomic E-state index is 0.613. The number of rotatable bonds is 4. The molecule has 0 atom stereocenters. The van der Waals surface area contributed by atoms with Gasteiger partial charge < -0.3 is 15.6 Å². The van der Waals surface area contributed by atoms with Gasteiger partial charge in [-0.3, -0.25) is 4.98 Å². The van der Waals surface area contributed by atoms with Crippen molar-refractivity contribution in [3.05, 3.63) is 42.6 Å². The fourth-order valence-corrected chi connectivity index (χ4v) is 2.21. The van der Waals surface area contributed by atoms with Crippen LogP contribution >= 0.6 is 0 Å². The molecule has 0 unspecified atom stereocenters. The molecule has 3 N–H and O–H groups in total. The molecule has 0 aliphatic rings. The Kier molecular flexibility index (Phi) is 3.20. The van der Waals surface area contributed by atoms with Crippen molar-refractivity contribution in [2.24, 2.45) is 0 Å². The first kappa shape index (κ1) is 12.4. The summed E-state index contributed by atoms with van der Waals surface area (Å²) in [5.41, 5.74) is 8.44. The maximum absolute atomic E-state index is 5.94. The smallest absolute Gasteiger partial charge is 0.152 e. The first-order valence-electron chi connectivity index (χ1n) is 6.53. The topological polar surface area (TPSA) is 81.7 Å². The molecule has 2 heterocycles. The summed E-state index contributed by atoms with van der Waals surface area (Å²) < 4.78 is 2.00. The van der Waals surface area contributed by atoms with Crippen LogP contribution in [-0.2, 0) is 13.1 Å². The largest absolute Gasteiger partial charge is 0.397 e. The lowest BCUT2D eigenvalue weighted by molar-refractivity contribution is 0.708. The standard InChI is InChI=1S/C14H16N6/c1-2-20-9-18-19-13(20)8-17-12-6-7-16-14-10(12)4-3-5-11(14)15/h3-7,9H,2,8,15H2,1H3,(H,16,17). The number of aromatic nitrogens is 4. The molecule has 0 saturated carbocycles. The number of nitrogens with zero attached hydrogens (tertiary/aromatic N) is 4. The molecule has 0 aliphatic heterocycles. The summed E-state index contributed by atoms with van der Waals surface area (Å²) in [5.74, 6) is 0.904. The molecule has 2 aromatic heterocycles. The second kappa shape index (κ2) is 5.16. The minimum absolute atomic E-state index is 0.613. The summed E-state index contributed by atoms with van der Waals surface area (Å²) in [5, 5.41) is 12.4. The van der Waals surface area contributed by atoms with Gasteiger partial charge in [-0.15, -0.1) is 10.2 Å². The molecule has 20 heavy (non-hydrogen) atoms. The second-order valence-electron chi connectivity index (χ2n) is 4.49. The summed E-state index contributed by atoms with van der Waals surface area (Å²) in [6.07, 6.45) is 3.49. The summed E-state index contributed by atoms with van der Waals surface area (Å²) in [6.45, 7) is 3.53. The van der Waals surface area contributed by atoms with Gasteiger partial charge >= 0.3 is 0 Å². The first-order valence-corrected chi connectivity index (χ1v) is 6.53. The van der Waals surface area contributed by atoms with Gasteiger partial charge in [0.2, 0.25) is 0 Å². The van der Waals surface area contributed by atoms with E-state index in [2.05, 4.69) is 27.4 Å². The SMILES string of the molecule is CCn1cnnc1CNc1ccnc2c(N)cccc12. The van der Waals surface area contributed by atoms with E-state index in [1.807, 2.05) is 28.8 Å². The van der Waals surface area contributed by atoms with Crippen LogP contribution in [0.3, 0.4) is 0 Å². The fourth-order valence-electron chi connectivity index (χ4n) is 2.21. The maximum atomic E-state index is 5.94. The van der Waals surface area contributed by atoms with E-state index >= 15 is 0 Å². The number of pyridine rings is 1. The molecule has 0 bridgehead atoms. The van der Waals surface area contributed by atoms with E-state index in [0.29, 0.717) is 12.2 Å². The van der Waals surface area contributed by atoms with Crippen LogP contribution in [0.1, 0.15) is 12.7 Å². The maximum Gasteiger partial charge on any atom is 0.152 e. The lowest BCUT2D eigenvalue weighted by Gasteiger charge is -2.10. The van der Waals surface area contributed by atoms with Crippen LogP contribution in [0.25, 0.3) is 10.9 Å². The summed E-state index contributed by atoms with van der Waals surface area (Å²) in [7, 11) is 0. The summed E-state index contributed by atoms with van der Waals surface area (Å²) >= 11 is 0. The van der Waals surface area contributed by atoms with Crippen molar-refractivity contribution in [1.82, 2.24) is 19.7 Å². The van der Waals surface area contributed by atoms with Gasteiger partial charge in [0.15, 0.2) is 5.82 Å². The average molecular weight is 268 g/mol. The van der Waals surface area contributed by atoms with Crippen molar-refractivity contribution in [3.63, 3.8) is 0 Å². The Labute approximate surface area is 116 Å². The average Bonchev–Trinajstić information content (AvgIpc) is 2.93. The number of nitrogen functional groups attached to an aromatic ring is 1. The Bertz CT molecular complexity index is 733. The van der Waals surface area contributed by atoms with E-state index < -0.39 is 0 Å². The monoisotopic (exact) mass is 268 g/mol. The molecule has 3 rings (SSSR count). The van der Waals surface area contributed by atoms with Gasteiger partial charge in [-0.25, -0.2) is 0 Å². The minimum Gasteiger partial charge on any atom is -0.397 e. The highest BCUT2D eigenvalue weighted by Gasteiger charge is 2.06. The highest BCUT2D eigenvalue weighted by atomic mass is 15.3. The van der Waals surface area contributed by atoms with Crippen molar-refractivity contribution >= 4 is 22.3 Å². The lowest BCUT2D eigenvalue weighted by Crippen LogP contribution is -2.08. The van der Waals surface area contributed by atoms with Crippen LogP contribution < -0.4 is 11.1 Å². The van der Waals surface area contributed by atoms with Crippen LogP contribution in [0.15, 0.2) is 36.8 Å².